The minimum atomic E-state index is 1.25. The van der Waals surface area contributed by atoms with Crippen LogP contribution in [0, 0.1) is 0 Å². The van der Waals surface area contributed by atoms with Crippen molar-refractivity contribution in [1.82, 2.24) is 0 Å². The standard InChI is InChI=1S/C4H10S.C3H8.3C2H6.C2H4/c1-3-5-4-2;1-3-2;4*1-2/h3-4H2,1-2H3;3H2,1-2H3;3*1-2H3;1-2H2. The van der Waals surface area contributed by atoms with Gasteiger partial charge in [-0.25, -0.2) is 0 Å². The maximum atomic E-state index is 3.00. The Morgan fingerprint density at radius 1 is 0.625 bits per heavy atom. The molecule has 106 valence electrons. The van der Waals surface area contributed by atoms with Gasteiger partial charge in [0.15, 0.2) is 0 Å². The highest BCUT2D eigenvalue weighted by molar-refractivity contribution is 7.99. The molecule has 0 heterocycles. The minimum absolute atomic E-state index is 1.25. The van der Waals surface area contributed by atoms with E-state index in [4.69, 9.17) is 0 Å². The van der Waals surface area contributed by atoms with Crippen LogP contribution >= 0.6 is 11.8 Å². The lowest BCUT2D eigenvalue weighted by Gasteiger charge is -1.80. The van der Waals surface area contributed by atoms with Crippen LogP contribution in [-0.2, 0) is 0 Å². The molecule has 0 aliphatic carbocycles. The van der Waals surface area contributed by atoms with Crippen molar-refractivity contribution in [3.8, 4) is 0 Å². The molecule has 0 rings (SSSR count). The van der Waals surface area contributed by atoms with Crippen LogP contribution < -0.4 is 0 Å². The van der Waals surface area contributed by atoms with Gasteiger partial charge in [0, 0.05) is 0 Å². The van der Waals surface area contributed by atoms with Crippen LogP contribution in [0.25, 0.3) is 0 Å². The van der Waals surface area contributed by atoms with E-state index in [-0.39, 0.29) is 0 Å². The maximum absolute atomic E-state index is 3.00. The SMILES string of the molecule is C=C.CC.CC.CC.CCC.CCSCC. The summed E-state index contributed by atoms with van der Waals surface area (Å²) in [5, 5.41) is 0. The highest BCUT2D eigenvalue weighted by atomic mass is 32.2. The van der Waals surface area contributed by atoms with Crippen LogP contribution in [0.5, 0.6) is 0 Å². The third-order valence-electron chi connectivity index (χ3n) is 0.408. The summed E-state index contributed by atoms with van der Waals surface area (Å²) < 4.78 is 0. The molecule has 0 bridgehead atoms. The molecule has 0 radical (unpaired) electrons. The molecule has 0 N–H and O–H groups in total. The van der Waals surface area contributed by atoms with Gasteiger partial charge in [-0.15, -0.1) is 13.2 Å². The molecule has 0 fully saturated rings. The molecule has 0 atom stereocenters. The van der Waals surface area contributed by atoms with Crippen LogP contribution in [0.3, 0.4) is 0 Å². The van der Waals surface area contributed by atoms with Gasteiger partial charge < -0.3 is 0 Å². The minimum Gasteiger partial charge on any atom is -0.163 e. The molecule has 0 aromatic carbocycles. The zero-order chi connectivity index (χ0) is 14.8. The molecule has 0 nitrogen and oxygen atoms in total. The van der Waals surface area contributed by atoms with Crippen molar-refractivity contribution >= 4 is 11.8 Å². The Balaban J connectivity index is -0.0000000201. The van der Waals surface area contributed by atoms with E-state index >= 15 is 0 Å². The topological polar surface area (TPSA) is 0 Å². The van der Waals surface area contributed by atoms with E-state index in [0.717, 1.165) is 0 Å². The zero-order valence-electron chi connectivity index (χ0n) is 13.9. The van der Waals surface area contributed by atoms with Crippen molar-refractivity contribution in [3.63, 3.8) is 0 Å². The third-order valence-corrected chi connectivity index (χ3v) is 1.22. The summed E-state index contributed by atoms with van der Waals surface area (Å²) >= 11 is 1.96. The van der Waals surface area contributed by atoms with Crippen LogP contribution in [0.4, 0.5) is 0 Å². The predicted octanol–water partition coefficient (Wildman–Crippen LogP) is 7.06. The largest absolute Gasteiger partial charge is 0.163 e. The van der Waals surface area contributed by atoms with Crippen LogP contribution in [-0.4, -0.2) is 11.5 Å². The Morgan fingerprint density at radius 2 is 0.750 bits per heavy atom. The lowest BCUT2D eigenvalue weighted by atomic mass is 10.6. The van der Waals surface area contributed by atoms with E-state index in [1.54, 1.807) is 0 Å². The monoisotopic (exact) mass is 252 g/mol. The fourth-order valence-electron chi connectivity index (χ4n) is 0.204. The van der Waals surface area contributed by atoms with Crippen LogP contribution in [0.2, 0.25) is 0 Å². The fraction of sp³-hybridized carbons (Fsp3) is 0.867. The van der Waals surface area contributed by atoms with E-state index in [2.05, 4.69) is 40.9 Å². The molecule has 0 saturated carbocycles. The highest BCUT2D eigenvalue weighted by Crippen LogP contribution is 1.93. The van der Waals surface area contributed by atoms with Gasteiger partial charge in [0.1, 0.15) is 0 Å². The van der Waals surface area contributed by atoms with Crippen molar-refractivity contribution in [2.75, 3.05) is 11.5 Å². The first kappa shape index (κ1) is 36.0. The van der Waals surface area contributed by atoms with Gasteiger partial charge in [-0.1, -0.05) is 75.7 Å². The second-order valence-corrected chi connectivity index (χ2v) is 3.05. The summed E-state index contributed by atoms with van der Waals surface area (Å²) in [7, 11) is 0. The lowest BCUT2D eigenvalue weighted by Crippen LogP contribution is -1.64. The van der Waals surface area contributed by atoms with Crippen molar-refractivity contribution in [2.24, 2.45) is 0 Å². The normalized spacial score (nSPS) is 5.12. The molecule has 0 aliphatic rings. The molecule has 0 saturated heterocycles. The van der Waals surface area contributed by atoms with Crippen LogP contribution in [0.15, 0.2) is 13.2 Å². The summed E-state index contributed by atoms with van der Waals surface area (Å²) in [6.07, 6.45) is 1.25. The zero-order valence-corrected chi connectivity index (χ0v) is 14.8. The quantitative estimate of drug-likeness (QED) is 0.474. The van der Waals surface area contributed by atoms with Gasteiger partial charge in [-0.05, 0) is 11.5 Å². The van der Waals surface area contributed by atoms with E-state index in [9.17, 15) is 0 Å². The molecule has 0 amide bonds. The summed E-state index contributed by atoms with van der Waals surface area (Å²) in [6.45, 7) is 26.6. The average molecular weight is 253 g/mol. The van der Waals surface area contributed by atoms with E-state index < -0.39 is 0 Å². The first-order valence-electron chi connectivity index (χ1n) is 6.91. The Bertz CT molecular complexity index is 26.6. The van der Waals surface area contributed by atoms with Gasteiger partial charge >= 0.3 is 0 Å². The smallest absolute Gasteiger partial charge is 0.00961 e. The second kappa shape index (κ2) is 179. The molecule has 1 heteroatoms. The summed E-state index contributed by atoms with van der Waals surface area (Å²) in [5.74, 6) is 2.52. The second-order valence-electron chi connectivity index (χ2n) is 1.49. The summed E-state index contributed by atoms with van der Waals surface area (Å²) in [4.78, 5) is 0. The number of hydrogen-bond acceptors (Lipinski definition) is 1. The highest BCUT2D eigenvalue weighted by Gasteiger charge is 1.67. The summed E-state index contributed by atoms with van der Waals surface area (Å²) in [6, 6.07) is 0. The van der Waals surface area contributed by atoms with Gasteiger partial charge in [0.25, 0.3) is 0 Å². The van der Waals surface area contributed by atoms with E-state index in [1.165, 1.54) is 17.9 Å². The first-order chi connectivity index (χ1) is 7.83. The molecular weight excluding hydrogens is 212 g/mol. The lowest BCUT2D eigenvalue weighted by molar-refractivity contribution is 1.09. The number of thioether (sulfide) groups is 1. The van der Waals surface area contributed by atoms with Gasteiger partial charge in [-0.2, -0.15) is 11.8 Å². The van der Waals surface area contributed by atoms with Crippen molar-refractivity contribution < 1.29 is 0 Å². The number of rotatable bonds is 2. The van der Waals surface area contributed by atoms with E-state index in [0.29, 0.717) is 0 Å². The van der Waals surface area contributed by atoms with Crippen LogP contribution in [0.1, 0.15) is 75.7 Å². The summed E-state index contributed by atoms with van der Waals surface area (Å²) in [5.41, 5.74) is 0. The first-order valence-corrected chi connectivity index (χ1v) is 8.06. The third kappa shape index (κ3) is 553. The molecular formula is C15H40S. The maximum Gasteiger partial charge on any atom is -0.00961 e. The van der Waals surface area contributed by atoms with Gasteiger partial charge in [-0.3, -0.25) is 0 Å². The number of hydrogen-bond donors (Lipinski definition) is 0. The molecule has 0 aromatic rings. The predicted molar refractivity (Wildman–Crippen MR) is 89.9 cm³/mol. The molecule has 0 aliphatic heterocycles. The van der Waals surface area contributed by atoms with Gasteiger partial charge in [0.2, 0.25) is 0 Å². The molecule has 0 aromatic heterocycles. The molecule has 16 heavy (non-hydrogen) atoms. The Labute approximate surface area is 112 Å². The fourth-order valence-corrected chi connectivity index (χ4v) is 0.612. The van der Waals surface area contributed by atoms with E-state index in [1.807, 2.05) is 53.3 Å². The van der Waals surface area contributed by atoms with Crippen molar-refractivity contribution in [2.45, 2.75) is 75.7 Å². The van der Waals surface area contributed by atoms with Crippen molar-refractivity contribution in [3.05, 3.63) is 13.2 Å². The Morgan fingerprint density at radius 3 is 0.750 bits per heavy atom. The average Bonchev–Trinajstić information content (AvgIpc) is 2.41. The van der Waals surface area contributed by atoms with Crippen molar-refractivity contribution in [1.29, 1.82) is 0 Å². The Hall–Kier alpha value is 0.0900. The Kier molecular flexibility index (Phi) is 403. The van der Waals surface area contributed by atoms with Gasteiger partial charge in [0.05, 0.1) is 0 Å². The molecule has 0 unspecified atom stereocenters. The molecule has 0 spiro atoms.